The molecule has 10 heavy (non-hydrogen) atoms. The second-order valence-corrected chi connectivity index (χ2v) is 1.12. The number of carbonyl (C=O) groups excluding carboxylic acids is 1. The van der Waals surface area contributed by atoms with Crippen molar-refractivity contribution in [3.63, 3.8) is 0 Å². The van der Waals surface area contributed by atoms with Crippen molar-refractivity contribution in [2.24, 2.45) is 0 Å². The van der Waals surface area contributed by atoms with Gasteiger partial charge in [0.2, 0.25) is 0 Å². The lowest BCUT2D eigenvalue weighted by atomic mass is 10.6. The minimum atomic E-state index is -0.412. The molecule has 0 aromatic rings. The van der Waals surface area contributed by atoms with Crippen LogP contribution in [0.3, 0.4) is 0 Å². The third-order valence-corrected chi connectivity index (χ3v) is 0.510. The first-order chi connectivity index (χ1) is 4.81. The van der Waals surface area contributed by atoms with Crippen molar-refractivity contribution in [3.8, 4) is 0 Å². The van der Waals surface area contributed by atoms with Crippen LogP contribution in [0, 0.1) is 0 Å². The van der Waals surface area contributed by atoms with Gasteiger partial charge in [-0.1, -0.05) is 19.2 Å². The van der Waals surface area contributed by atoms with Gasteiger partial charge < -0.3 is 4.74 Å². The summed E-state index contributed by atoms with van der Waals surface area (Å²) < 4.78 is 4.47. The number of rotatable bonds is 3. The van der Waals surface area contributed by atoms with Gasteiger partial charge in [-0.15, -0.1) is 13.2 Å². The highest BCUT2D eigenvalue weighted by Gasteiger charge is 1.87. The van der Waals surface area contributed by atoms with Crippen molar-refractivity contribution in [1.29, 1.82) is 0 Å². The van der Waals surface area contributed by atoms with Crippen LogP contribution < -0.4 is 0 Å². The van der Waals surface area contributed by atoms with Crippen LogP contribution in [0.4, 0.5) is 0 Å². The highest BCUT2D eigenvalue weighted by molar-refractivity contribution is 5.81. The van der Waals surface area contributed by atoms with E-state index in [0.29, 0.717) is 0 Å². The SMILES string of the molecule is C=C.C=CCOC(=O)C=C. The Morgan fingerprint density at radius 2 is 1.90 bits per heavy atom. The molecule has 0 fully saturated rings. The molecule has 0 aromatic carbocycles. The first kappa shape index (κ1) is 11.5. The number of ether oxygens (including phenoxy) is 1. The van der Waals surface area contributed by atoms with E-state index in [4.69, 9.17) is 0 Å². The Morgan fingerprint density at radius 1 is 1.40 bits per heavy atom. The summed E-state index contributed by atoms with van der Waals surface area (Å²) in [6.45, 7) is 12.8. The maximum absolute atomic E-state index is 10.2. The Balaban J connectivity index is 0. The summed E-state index contributed by atoms with van der Waals surface area (Å²) in [4.78, 5) is 10.2. The van der Waals surface area contributed by atoms with Crippen LogP contribution in [0.1, 0.15) is 0 Å². The van der Waals surface area contributed by atoms with E-state index in [1.54, 1.807) is 0 Å². The lowest BCUT2D eigenvalue weighted by Crippen LogP contribution is -1.98. The summed E-state index contributed by atoms with van der Waals surface area (Å²) >= 11 is 0. The van der Waals surface area contributed by atoms with E-state index in [1.807, 2.05) is 0 Å². The lowest BCUT2D eigenvalue weighted by Gasteiger charge is -1.92. The summed E-state index contributed by atoms with van der Waals surface area (Å²) in [5.74, 6) is -0.412. The fraction of sp³-hybridized carbons (Fsp3) is 0.125. The quantitative estimate of drug-likeness (QED) is 0.339. The Bertz CT molecular complexity index is 116. The van der Waals surface area contributed by atoms with E-state index < -0.39 is 5.97 Å². The van der Waals surface area contributed by atoms with Crippen molar-refractivity contribution >= 4 is 5.97 Å². The van der Waals surface area contributed by atoms with Crippen LogP contribution in [-0.4, -0.2) is 12.6 Å². The van der Waals surface area contributed by atoms with Crippen molar-refractivity contribution in [2.75, 3.05) is 6.61 Å². The van der Waals surface area contributed by atoms with E-state index in [-0.39, 0.29) is 6.61 Å². The Hall–Kier alpha value is -1.31. The average molecular weight is 140 g/mol. The molecule has 0 heterocycles. The molecule has 0 unspecified atom stereocenters. The average Bonchev–Trinajstić information content (AvgIpc) is 2.04. The van der Waals surface area contributed by atoms with E-state index in [2.05, 4.69) is 31.1 Å². The minimum Gasteiger partial charge on any atom is -0.458 e. The van der Waals surface area contributed by atoms with Gasteiger partial charge in [-0.05, 0) is 0 Å². The van der Waals surface area contributed by atoms with E-state index in [0.717, 1.165) is 6.08 Å². The van der Waals surface area contributed by atoms with Gasteiger partial charge in [-0.3, -0.25) is 0 Å². The Labute approximate surface area is 61.5 Å². The van der Waals surface area contributed by atoms with Crippen LogP contribution in [0.2, 0.25) is 0 Å². The van der Waals surface area contributed by atoms with Crippen molar-refractivity contribution in [1.82, 2.24) is 0 Å². The number of carbonyl (C=O) groups is 1. The highest BCUT2D eigenvalue weighted by atomic mass is 16.5. The van der Waals surface area contributed by atoms with Gasteiger partial charge in [-0.25, -0.2) is 4.79 Å². The Kier molecular flexibility index (Phi) is 12.2. The molecular formula is C8H12O2. The molecule has 0 saturated heterocycles. The zero-order chi connectivity index (χ0) is 8.41. The molecule has 56 valence electrons. The van der Waals surface area contributed by atoms with Crippen molar-refractivity contribution in [3.05, 3.63) is 38.5 Å². The second kappa shape index (κ2) is 10.6. The van der Waals surface area contributed by atoms with Crippen molar-refractivity contribution < 1.29 is 9.53 Å². The summed E-state index contributed by atoms with van der Waals surface area (Å²) in [7, 11) is 0. The molecule has 0 N–H and O–H groups in total. The van der Waals surface area contributed by atoms with Gasteiger partial charge in [0, 0.05) is 6.08 Å². The van der Waals surface area contributed by atoms with E-state index >= 15 is 0 Å². The fourth-order valence-corrected chi connectivity index (χ4v) is 0.200. The molecule has 0 bridgehead atoms. The molecule has 0 rings (SSSR count). The predicted molar refractivity (Wildman–Crippen MR) is 42.6 cm³/mol. The molecule has 0 aliphatic rings. The second-order valence-electron chi connectivity index (χ2n) is 1.12. The minimum absolute atomic E-state index is 0.255. The smallest absolute Gasteiger partial charge is 0.330 e. The molecule has 0 spiro atoms. The highest BCUT2D eigenvalue weighted by Crippen LogP contribution is 1.77. The van der Waals surface area contributed by atoms with Crippen LogP contribution in [0.25, 0.3) is 0 Å². The van der Waals surface area contributed by atoms with E-state index in [1.165, 1.54) is 6.08 Å². The zero-order valence-corrected chi connectivity index (χ0v) is 6.01. The predicted octanol–water partition coefficient (Wildman–Crippen LogP) is 1.70. The molecule has 0 saturated carbocycles. The summed E-state index contributed by atoms with van der Waals surface area (Å²) in [5.41, 5.74) is 0. The van der Waals surface area contributed by atoms with Gasteiger partial charge >= 0.3 is 5.97 Å². The number of hydrogen-bond donors (Lipinski definition) is 0. The first-order valence-corrected chi connectivity index (χ1v) is 2.71. The molecule has 0 aromatic heterocycles. The van der Waals surface area contributed by atoms with Crippen LogP contribution >= 0.6 is 0 Å². The summed E-state index contributed by atoms with van der Waals surface area (Å²) in [5, 5.41) is 0. The number of esters is 1. The van der Waals surface area contributed by atoms with Gasteiger partial charge in [-0.2, -0.15) is 0 Å². The fourth-order valence-electron chi connectivity index (χ4n) is 0.200. The topological polar surface area (TPSA) is 26.3 Å². The molecule has 0 aliphatic carbocycles. The summed E-state index contributed by atoms with van der Waals surface area (Å²) in [6, 6.07) is 0. The van der Waals surface area contributed by atoms with Crippen LogP contribution in [0.15, 0.2) is 38.5 Å². The van der Waals surface area contributed by atoms with Crippen LogP contribution in [-0.2, 0) is 9.53 Å². The zero-order valence-electron chi connectivity index (χ0n) is 6.01. The lowest BCUT2D eigenvalue weighted by molar-refractivity contribution is -0.136. The molecule has 2 nitrogen and oxygen atoms in total. The normalized spacial score (nSPS) is 6.40. The van der Waals surface area contributed by atoms with Gasteiger partial charge in [0.05, 0.1) is 0 Å². The maximum Gasteiger partial charge on any atom is 0.330 e. The van der Waals surface area contributed by atoms with Crippen LogP contribution in [0.5, 0.6) is 0 Å². The maximum atomic E-state index is 10.2. The standard InChI is InChI=1S/C6H8O2.C2H4/c1-3-5-8-6(7)4-2;1-2/h3-4H,1-2,5H2;1-2H2. The number of hydrogen-bond acceptors (Lipinski definition) is 2. The largest absolute Gasteiger partial charge is 0.458 e. The monoisotopic (exact) mass is 140 g/mol. The first-order valence-electron chi connectivity index (χ1n) is 2.71. The van der Waals surface area contributed by atoms with Gasteiger partial charge in [0.1, 0.15) is 6.61 Å². The molecule has 0 aliphatic heterocycles. The summed E-state index contributed by atoms with van der Waals surface area (Å²) in [6.07, 6.45) is 2.62. The van der Waals surface area contributed by atoms with Gasteiger partial charge in [0.25, 0.3) is 0 Å². The molecule has 0 radical (unpaired) electrons. The third kappa shape index (κ3) is 9.85. The van der Waals surface area contributed by atoms with Gasteiger partial charge in [0.15, 0.2) is 0 Å². The third-order valence-electron chi connectivity index (χ3n) is 0.510. The van der Waals surface area contributed by atoms with E-state index in [9.17, 15) is 4.79 Å². The molecule has 2 heteroatoms. The van der Waals surface area contributed by atoms with Crippen molar-refractivity contribution in [2.45, 2.75) is 0 Å². The molecule has 0 atom stereocenters. The Morgan fingerprint density at radius 3 is 2.20 bits per heavy atom. The molecule has 0 amide bonds. The molecular weight excluding hydrogens is 128 g/mol.